The van der Waals surface area contributed by atoms with Gasteiger partial charge in [0.2, 0.25) is 0 Å². The molecule has 17 heavy (non-hydrogen) atoms. The van der Waals surface area contributed by atoms with Crippen LogP contribution in [0.15, 0.2) is 18.2 Å². The molecule has 1 aromatic rings. The molecule has 0 radical (unpaired) electrons. The quantitative estimate of drug-likeness (QED) is 0.470. The van der Waals surface area contributed by atoms with Crippen LogP contribution >= 0.6 is 11.6 Å². The molecule has 0 amide bonds. The van der Waals surface area contributed by atoms with Crippen LogP contribution in [0.5, 0.6) is 0 Å². The highest BCUT2D eigenvalue weighted by Crippen LogP contribution is 2.30. The normalized spacial score (nSPS) is 13.5. The van der Waals surface area contributed by atoms with Gasteiger partial charge in [-0.15, -0.1) is 0 Å². The monoisotopic (exact) mass is 273 g/mol. The van der Waals surface area contributed by atoms with Crippen molar-refractivity contribution in [1.29, 1.82) is 0 Å². The van der Waals surface area contributed by atoms with E-state index in [1.54, 1.807) is 6.07 Å². The van der Waals surface area contributed by atoms with E-state index >= 15 is 0 Å². The van der Waals surface area contributed by atoms with Gasteiger partial charge in [-0.2, -0.15) is 0 Å². The SMILES string of the molecule is CC(O[Si](C)(C)C)c1cc([N+](=O)[O-])ccc1Cl. The smallest absolute Gasteiger partial charge is 0.269 e. The van der Waals surface area contributed by atoms with E-state index < -0.39 is 13.2 Å². The van der Waals surface area contributed by atoms with Crippen LogP contribution in [-0.2, 0) is 4.43 Å². The highest BCUT2D eigenvalue weighted by atomic mass is 35.5. The van der Waals surface area contributed by atoms with Gasteiger partial charge in [0, 0.05) is 22.7 Å². The minimum atomic E-state index is -1.70. The van der Waals surface area contributed by atoms with E-state index in [-0.39, 0.29) is 11.8 Å². The molecule has 94 valence electrons. The fraction of sp³-hybridized carbons (Fsp3) is 0.455. The predicted octanol–water partition coefficient (Wildman–Crippen LogP) is 4.16. The molecule has 0 aliphatic carbocycles. The van der Waals surface area contributed by atoms with Gasteiger partial charge in [0.1, 0.15) is 0 Å². The molecule has 0 N–H and O–H groups in total. The molecule has 1 atom stereocenters. The summed E-state index contributed by atoms with van der Waals surface area (Å²) in [5.74, 6) is 0. The summed E-state index contributed by atoms with van der Waals surface area (Å²) in [7, 11) is -1.70. The Bertz CT molecular complexity index is 431. The second kappa shape index (κ2) is 5.16. The summed E-state index contributed by atoms with van der Waals surface area (Å²) >= 11 is 6.04. The molecule has 0 aromatic heterocycles. The Balaban J connectivity index is 3.04. The molecule has 1 aromatic carbocycles. The van der Waals surface area contributed by atoms with Crippen molar-refractivity contribution < 1.29 is 9.35 Å². The van der Waals surface area contributed by atoms with E-state index in [4.69, 9.17) is 16.0 Å². The van der Waals surface area contributed by atoms with Gasteiger partial charge in [-0.25, -0.2) is 0 Å². The third-order valence-electron chi connectivity index (χ3n) is 2.16. The summed E-state index contributed by atoms with van der Waals surface area (Å²) in [4.78, 5) is 10.3. The maximum atomic E-state index is 10.7. The van der Waals surface area contributed by atoms with Crippen molar-refractivity contribution in [1.82, 2.24) is 0 Å². The largest absolute Gasteiger partial charge is 0.411 e. The summed E-state index contributed by atoms with van der Waals surface area (Å²) in [6.07, 6.45) is -0.228. The number of hydrogen-bond donors (Lipinski definition) is 0. The summed E-state index contributed by atoms with van der Waals surface area (Å²) in [6, 6.07) is 4.42. The van der Waals surface area contributed by atoms with E-state index in [1.807, 2.05) is 6.92 Å². The Morgan fingerprint density at radius 1 is 1.41 bits per heavy atom. The molecule has 0 saturated carbocycles. The van der Waals surface area contributed by atoms with Crippen molar-refractivity contribution in [2.45, 2.75) is 32.7 Å². The van der Waals surface area contributed by atoms with Gasteiger partial charge in [-0.1, -0.05) is 11.6 Å². The van der Waals surface area contributed by atoms with Gasteiger partial charge in [0.15, 0.2) is 8.32 Å². The predicted molar refractivity (Wildman–Crippen MR) is 71.0 cm³/mol. The Morgan fingerprint density at radius 2 is 2.00 bits per heavy atom. The number of nitrogens with zero attached hydrogens (tertiary/aromatic N) is 1. The number of benzene rings is 1. The van der Waals surface area contributed by atoms with Crippen LogP contribution in [0.3, 0.4) is 0 Å². The lowest BCUT2D eigenvalue weighted by atomic mass is 10.1. The molecule has 6 heteroatoms. The Morgan fingerprint density at radius 3 is 2.47 bits per heavy atom. The topological polar surface area (TPSA) is 52.4 Å². The first kappa shape index (κ1) is 14.1. The van der Waals surface area contributed by atoms with Gasteiger partial charge in [-0.05, 0) is 32.6 Å². The van der Waals surface area contributed by atoms with Crippen molar-refractivity contribution in [2.75, 3.05) is 0 Å². The number of non-ortho nitro benzene ring substituents is 1. The first-order chi connectivity index (χ1) is 7.70. The molecular formula is C11H16ClNO3Si. The molecule has 0 aliphatic heterocycles. The standard InChI is InChI=1S/C11H16ClNO3Si/c1-8(16-17(2,3)4)10-7-9(13(14)15)5-6-11(10)12/h5-8H,1-4H3. The summed E-state index contributed by atoms with van der Waals surface area (Å²) in [5.41, 5.74) is 0.707. The minimum Gasteiger partial charge on any atom is -0.411 e. The molecule has 0 bridgehead atoms. The number of rotatable bonds is 4. The molecule has 1 unspecified atom stereocenters. The average molecular weight is 274 g/mol. The lowest BCUT2D eigenvalue weighted by Gasteiger charge is -2.24. The fourth-order valence-electron chi connectivity index (χ4n) is 1.55. The first-order valence-corrected chi connectivity index (χ1v) is 9.11. The molecular weight excluding hydrogens is 258 g/mol. The zero-order chi connectivity index (χ0) is 13.2. The molecule has 0 heterocycles. The maximum absolute atomic E-state index is 10.7. The second-order valence-corrected chi connectivity index (χ2v) is 9.70. The van der Waals surface area contributed by atoms with Gasteiger partial charge in [0.05, 0.1) is 11.0 Å². The number of nitro benzene ring substituents is 1. The van der Waals surface area contributed by atoms with Gasteiger partial charge in [0.25, 0.3) is 5.69 Å². The zero-order valence-corrected chi connectivity index (χ0v) is 12.1. The average Bonchev–Trinajstić information content (AvgIpc) is 2.14. The van der Waals surface area contributed by atoms with Crippen LogP contribution in [0.25, 0.3) is 0 Å². The zero-order valence-electron chi connectivity index (χ0n) is 10.4. The van der Waals surface area contributed by atoms with E-state index in [0.717, 1.165) is 0 Å². The summed E-state index contributed by atoms with van der Waals surface area (Å²) in [6.45, 7) is 8.06. The van der Waals surface area contributed by atoms with Crippen LogP contribution in [0.2, 0.25) is 24.7 Å². The summed E-state index contributed by atoms with van der Waals surface area (Å²) in [5, 5.41) is 11.2. The molecule has 0 fully saturated rings. The van der Waals surface area contributed by atoms with E-state index in [9.17, 15) is 10.1 Å². The van der Waals surface area contributed by atoms with Crippen LogP contribution in [0.4, 0.5) is 5.69 Å². The number of halogens is 1. The van der Waals surface area contributed by atoms with Crippen LogP contribution < -0.4 is 0 Å². The lowest BCUT2D eigenvalue weighted by molar-refractivity contribution is -0.385. The van der Waals surface area contributed by atoms with E-state index in [1.165, 1.54) is 12.1 Å². The Labute approximate surface area is 107 Å². The number of hydrogen-bond acceptors (Lipinski definition) is 3. The van der Waals surface area contributed by atoms with Crippen molar-refractivity contribution in [2.24, 2.45) is 0 Å². The molecule has 0 aliphatic rings. The Kier molecular flexibility index (Phi) is 4.29. The number of nitro groups is 1. The van der Waals surface area contributed by atoms with E-state index in [2.05, 4.69) is 19.6 Å². The minimum absolute atomic E-state index is 0.0374. The van der Waals surface area contributed by atoms with Crippen molar-refractivity contribution >= 4 is 25.6 Å². The van der Waals surface area contributed by atoms with Crippen molar-refractivity contribution in [3.8, 4) is 0 Å². The second-order valence-electron chi connectivity index (χ2n) is 4.84. The van der Waals surface area contributed by atoms with Crippen molar-refractivity contribution in [3.63, 3.8) is 0 Å². The lowest BCUT2D eigenvalue weighted by Crippen LogP contribution is -2.27. The molecule has 4 nitrogen and oxygen atoms in total. The van der Waals surface area contributed by atoms with Gasteiger partial charge < -0.3 is 4.43 Å². The Hall–Kier alpha value is -0.913. The van der Waals surface area contributed by atoms with Crippen LogP contribution in [0.1, 0.15) is 18.6 Å². The molecule has 0 spiro atoms. The maximum Gasteiger partial charge on any atom is 0.269 e. The van der Waals surface area contributed by atoms with Crippen molar-refractivity contribution in [3.05, 3.63) is 38.9 Å². The highest BCUT2D eigenvalue weighted by molar-refractivity contribution is 6.69. The highest BCUT2D eigenvalue weighted by Gasteiger charge is 2.22. The summed E-state index contributed by atoms with van der Waals surface area (Å²) < 4.78 is 5.87. The van der Waals surface area contributed by atoms with Crippen LogP contribution in [-0.4, -0.2) is 13.2 Å². The third-order valence-corrected chi connectivity index (χ3v) is 3.56. The molecule has 1 rings (SSSR count). The first-order valence-electron chi connectivity index (χ1n) is 5.32. The fourth-order valence-corrected chi connectivity index (χ4v) is 3.01. The van der Waals surface area contributed by atoms with E-state index in [0.29, 0.717) is 10.6 Å². The molecule has 0 saturated heterocycles. The van der Waals surface area contributed by atoms with Gasteiger partial charge >= 0.3 is 0 Å². The van der Waals surface area contributed by atoms with Gasteiger partial charge in [-0.3, -0.25) is 10.1 Å². The third kappa shape index (κ3) is 4.11. The van der Waals surface area contributed by atoms with Crippen LogP contribution in [0, 0.1) is 10.1 Å².